The van der Waals surface area contributed by atoms with Crippen molar-refractivity contribution in [2.24, 2.45) is 5.29 Å². The summed E-state index contributed by atoms with van der Waals surface area (Å²) in [6, 6.07) is 0. The van der Waals surface area contributed by atoms with Crippen LogP contribution < -0.4 is 0 Å². The maximum absolute atomic E-state index is 9.81. The second-order valence-corrected chi connectivity index (χ2v) is 2.23. The minimum absolute atomic E-state index is 0.314. The van der Waals surface area contributed by atoms with Gasteiger partial charge in [0.05, 0.1) is 5.29 Å². The monoisotopic (exact) mass is 166 g/mol. The zero-order valence-electron chi connectivity index (χ0n) is 5.66. The topological polar surface area (TPSA) is 52.9 Å². The molecule has 60 valence electrons. The molecule has 0 spiro atoms. The molecule has 0 rings (SSSR count). The van der Waals surface area contributed by atoms with E-state index in [1.807, 2.05) is 0 Å². The molecule has 0 aliphatic rings. The van der Waals surface area contributed by atoms with E-state index in [1.54, 1.807) is 0 Å². The van der Waals surface area contributed by atoms with E-state index in [0.717, 1.165) is 17.9 Å². The lowest BCUT2D eigenvalue weighted by atomic mass is 10.3. The molecule has 4 nitrogen and oxygen atoms in total. The molecule has 0 fully saturated rings. The Kier molecular flexibility index (Phi) is 6.53. The van der Waals surface area contributed by atoms with Crippen molar-refractivity contribution in [1.82, 2.24) is 5.01 Å². The van der Waals surface area contributed by atoms with Gasteiger partial charge in [0.25, 0.3) is 0 Å². The predicted octanol–water partition coefficient (Wildman–Crippen LogP) is 0.939. The summed E-state index contributed by atoms with van der Waals surface area (Å²) in [6.07, 6.45) is 1.63. The molecule has 0 heterocycles. The van der Waals surface area contributed by atoms with Crippen molar-refractivity contribution in [1.29, 1.82) is 0 Å². The summed E-state index contributed by atoms with van der Waals surface area (Å²) in [6.45, 7) is 0.165. The lowest BCUT2D eigenvalue weighted by Crippen LogP contribution is -2.18. The van der Waals surface area contributed by atoms with Crippen LogP contribution in [0, 0.1) is 4.91 Å². The SMILES string of the molecule is O=NN(CO)CCCCCl. The van der Waals surface area contributed by atoms with Crippen LogP contribution in [-0.2, 0) is 0 Å². The Morgan fingerprint density at radius 3 is 2.60 bits per heavy atom. The van der Waals surface area contributed by atoms with Crippen molar-refractivity contribution in [3.8, 4) is 0 Å². The van der Waals surface area contributed by atoms with Crippen molar-refractivity contribution in [2.75, 3.05) is 19.2 Å². The van der Waals surface area contributed by atoms with Crippen LogP contribution in [0.2, 0.25) is 0 Å². The maximum atomic E-state index is 9.81. The zero-order chi connectivity index (χ0) is 7.82. The Morgan fingerprint density at radius 1 is 1.50 bits per heavy atom. The van der Waals surface area contributed by atoms with E-state index in [0.29, 0.717) is 12.4 Å². The molecule has 0 aromatic heterocycles. The van der Waals surface area contributed by atoms with E-state index in [2.05, 4.69) is 5.29 Å². The number of hydrogen-bond acceptors (Lipinski definition) is 3. The number of hydrogen-bond donors (Lipinski definition) is 1. The van der Waals surface area contributed by atoms with E-state index in [1.165, 1.54) is 0 Å². The summed E-state index contributed by atoms with van der Waals surface area (Å²) in [5, 5.41) is 12.0. The molecule has 0 unspecified atom stereocenters. The van der Waals surface area contributed by atoms with E-state index in [4.69, 9.17) is 16.7 Å². The number of alkyl halides is 1. The van der Waals surface area contributed by atoms with Crippen molar-refractivity contribution < 1.29 is 5.11 Å². The first-order valence-corrected chi connectivity index (χ1v) is 3.63. The summed E-state index contributed by atoms with van der Waals surface area (Å²) >= 11 is 5.38. The second kappa shape index (κ2) is 6.77. The molecule has 0 saturated heterocycles. The molecule has 0 amide bonds. The largest absolute Gasteiger partial charge is 0.375 e. The van der Waals surface area contributed by atoms with Gasteiger partial charge in [-0.15, -0.1) is 16.5 Å². The molecule has 0 atom stereocenters. The highest BCUT2D eigenvalue weighted by Crippen LogP contribution is 1.95. The molecule has 0 aromatic carbocycles. The highest BCUT2D eigenvalue weighted by molar-refractivity contribution is 6.17. The first kappa shape index (κ1) is 9.65. The van der Waals surface area contributed by atoms with Gasteiger partial charge in [-0.05, 0) is 12.8 Å². The molecule has 0 aliphatic carbocycles. The van der Waals surface area contributed by atoms with Crippen molar-refractivity contribution in [3.05, 3.63) is 4.91 Å². The van der Waals surface area contributed by atoms with E-state index in [9.17, 15) is 4.91 Å². The second-order valence-electron chi connectivity index (χ2n) is 1.85. The molecule has 0 bridgehead atoms. The summed E-state index contributed by atoms with van der Waals surface area (Å²) in [7, 11) is 0. The van der Waals surface area contributed by atoms with Crippen LogP contribution >= 0.6 is 11.6 Å². The van der Waals surface area contributed by atoms with Crippen LogP contribution in [0.3, 0.4) is 0 Å². The Bertz CT molecular complexity index is 91.7. The molecule has 0 aliphatic heterocycles. The van der Waals surface area contributed by atoms with Crippen LogP contribution in [0.15, 0.2) is 5.29 Å². The molecule has 0 saturated carbocycles. The predicted molar refractivity (Wildman–Crippen MR) is 39.5 cm³/mol. The first-order valence-electron chi connectivity index (χ1n) is 3.10. The van der Waals surface area contributed by atoms with Crippen molar-refractivity contribution >= 4 is 11.6 Å². The number of aliphatic hydroxyl groups excluding tert-OH is 1. The average molecular weight is 167 g/mol. The highest BCUT2D eigenvalue weighted by atomic mass is 35.5. The zero-order valence-corrected chi connectivity index (χ0v) is 6.42. The van der Waals surface area contributed by atoms with Crippen molar-refractivity contribution in [3.63, 3.8) is 0 Å². The van der Waals surface area contributed by atoms with Gasteiger partial charge in [-0.25, -0.2) is 5.01 Å². The molecule has 5 heteroatoms. The third-order valence-electron chi connectivity index (χ3n) is 1.08. The normalized spacial score (nSPS) is 9.40. The summed E-state index contributed by atoms with van der Waals surface area (Å²) in [5.74, 6) is 0.581. The molecular weight excluding hydrogens is 156 g/mol. The minimum atomic E-state index is -0.314. The Labute approximate surface area is 64.7 Å². The standard InChI is InChI=1S/C5H11ClN2O2/c6-3-1-2-4-8(5-9)7-10/h9H,1-5H2. The van der Waals surface area contributed by atoms with Crippen LogP contribution in [0.4, 0.5) is 0 Å². The van der Waals surface area contributed by atoms with Gasteiger partial charge in [0.1, 0.15) is 6.73 Å². The van der Waals surface area contributed by atoms with Gasteiger partial charge in [-0.2, -0.15) is 0 Å². The van der Waals surface area contributed by atoms with Gasteiger partial charge < -0.3 is 5.11 Å². The Morgan fingerprint density at radius 2 is 2.20 bits per heavy atom. The molecule has 0 aromatic rings. The van der Waals surface area contributed by atoms with Gasteiger partial charge in [-0.3, -0.25) is 0 Å². The van der Waals surface area contributed by atoms with E-state index >= 15 is 0 Å². The molecular formula is C5H11ClN2O2. The number of aliphatic hydroxyl groups is 1. The fourth-order valence-electron chi connectivity index (χ4n) is 0.526. The van der Waals surface area contributed by atoms with E-state index in [-0.39, 0.29) is 6.73 Å². The van der Waals surface area contributed by atoms with Gasteiger partial charge in [0.2, 0.25) is 0 Å². The lowest BCUT2D eigenvalue weighted by Gasteiger charge is -2.09. The van der Waals surface area contributed by atoms with Gasteiger partial charge in [0, 0.05) is 12.4 Å². The van der Waals surface area contributed by atoms with E-state index < -0.39 is 0 Å². The van der Waals surface area contributed by atoms with Gasteiger partial charge >= 0.3 is 0 Å². The molecule has 1 N–H and O–H groups in total. The number of nitroso groups, excluding NO2 is 1. The number of nitrogens with zero attached hydrogens (tertiary/aromatic N) is 2. The Balaban J connectivity index is 3.17. The van der Waals surface area contributed by atoms with Gasteiger partial charge in [0.15, 0.2) is 0 Å². The first-order chi connectivity index (χ1) is 4.85. The smallest absolute Gasteiger partial charge is 0.134 e. The Hall–Kier alpha value is -0.350. The molecule has 0 radical (unpaired) electrons. The summed E-state index contributed by atoms with van der Waals surface area (Å²) in [5.41, 5.74) is 0. The minimum Gasteiger partial charge on any atom is -0.375 e. The number of unbranched alkanes of at least 4 members (excludes halogenated alkanes) is 1. The average Bonchev–Trinajstić information content (AvgIpc) is 1.99. The lowest BCUT2D eigenvalue weighted by molar-refractivity contribution is 0.108. The molecule has 10 heavy (non-hydrogen) atoms. The van der Waals surface area contributed by atoms with Crippen molar-refractivity contribution in [2.45, 2.75) is 12.8 Å². The third-order valence-corrected chi connectivity index (χ3v) is 1.35. The highest BCUT2D eigenvalue weighted by Gasteiger charge is 1.97. The summed E-state index contributed by atoms with van der Waals surface area (Å²) in [4.78, 5) is 9.81. The fraction of sp³-hybridized carbons (Fsp3) is 1.00. The fourth-order valence-corrected chi connectivity index (χ4v) is 0.715. The van der Waals surface area contributed by atoms with Crippen LogP contribution in [-0.4, -0.2) is 29.3 Å². The van der Waals surface area contributed by atoms with Gasteiger partial charge in [-0.1, -0.05) is 0 Å². The van der Waals surface area contributed by atoms with Crippen LogP contribution in [0.25, 0.3) is 0 Å². The number of halogens is 1. The maximum Gasteiger partial charge on any atom is 0.134 e. The van der Waals surface area contributed by atoms with Crippen LogP contribution in [0.1, 0.15) is 12.8 Å². The van der Waals surface area contributed by atoms with Crippen LogP contribution in [0.5, 0.6) is 0 Å². The summed E-state index contributed by atoms with van der Waals surface area (Å²) < 4.78 is 0. The third kappa shape index (κ3) is 4.52. The quantitative estimate of drug-likeness (QED) is 0.210. The number of rotatable bonds is 6.